The number of methoxy groups -OCH3 is 1. The summed E-state index contributed by atoms with van der Waals surface area (Å²) >= 11 is 0. The number of nitrogens with zero attached hydrogens (tertiary/aromatic N) is 11. The topological polar surface area (TPSA) is 168 Å². The van der Waals surface area contributed by atoms with Crippen molar-refractivity contribution in [1.82, 2.24) is 49.3 Å². The predicted molar refractivity (Wildman–Crippen MR) is 182 cm³/mol. The maximum absolute atomic E-state index is 14.3. The maximum Gasteiger partial charge on any atom is 0.417 e. The van der Waals surface area contributed by atoms with E-state index in [0.717, 1.165) is 24.9 Å². The number of piperazine rings is 1. The van der Waals surface area contributed by atoms with Gasteiger partial charge in [0.15, 0.2) is 17.3 Å². The van der Waals surface area contributed by atoms with Crippen LogP contribution in [0.25, 0.3) is 16.9 Å². The molecule has 20 heteroatoms. The van der Waals surface area contributed by atoms with Gasteiger partial charge in [-0.15, -0.1) is 10.2 Å². The normalized spacial score (nSPS) is 18.4. The third-order valence-corrected chi connectivity index (χ3v) is 9.50. The van der Waals surface area contributed by atoms with E-state index in [1.807, 2.05) is 11.0 Å². The van der Waals surface area contributed by atoms with Crippen molar-refractivity contribution < 1.29 is 37.0 Å². The molecule has 53 heavy (non-hydrogen) atoms. The Morgan fingerprint density at radius 1 is 1.06 bits per heavy atom. The number of alkyl halides is 3. The molecule has 3 fully saturated rings. The maximum atomic E-state index is 14.3. The largest absolute Gasteiger partial charge is 0.453 e. The van der Waals surface area contributed by atoms with Crippen LogP contribution in [0.15, 0.2) is 43.4 Å². The van der Waals surface area contributed by atoms with Crippen molar-refractivity contribution in [2.75, 3.05) is 82.9 Å². The standard InChI is InChI=1S/C33H37F3N12O5/c1-3-28(49)46-5-4-22(19-46)47-20-25(40-42-47)31(50)45-8-6-43(7-9-45)17-21-14-26-30(44-10-12-53-13-11-44)39-29(41-48(26)18-21)23-16-37-27(38-32(51)52-2)15-24(23)33(34,35)36/h3,14-16,18,20,22H,1,4-13,17,19H2,2H3,(H,37,38,51). The number of ether oxygens (including phenoxy) is 2. The number of pyridine rings is 1. The molecule has 17 nitrogen and oxygen atoms in total. The highest BCUT2D eigenvalue weighted by Crippen LogP contribution is 2.38. The fourth-order valence-electron chi connectivity index (χ4n) is 6.71. The van der Waals surface area contributed by atoms with Gasteiger partial charge >= 0.3 is 12.3 Å². The average Bonchev–Trinajstić information content (AvgIpc) is 3.94. The van der Waals surface area contributed by atoms with Crippen LogP contribution in [0.1, 0.15) is 34.1 Å². The minimum atomic E-state index is -4.81. The van der Waals surface area contributed by atoms with Crippen molar-refractivity contribution >= 4 is 35.1 Å². The highest BCUT2D eigenvalue weighted by Gasteiger charge is 2.36. The van der Waals surface area contributed by atoms with Crippen LogP contribution in [-0.2, 0) is 27.0 Å². The van der Waals surface area contributed by atoms with Crippen LogP contribution in [0.5, 0.6) is 0 Å². The Kier molecular flexibility index (Phi) is 9.97. The van der Waals surface area contributed by atoms with Crippen LogP contribution in [0.3, 0.4) is 0 Å². The minimum Gasteiger partial charge on any atom is -0.453 e. The van der Waals surface area contributed by atoms with E-state index in [4.69, 9.17) is 4.74 Å². The predicted octanol–water partition coefficient (Wildman–Crippen LogP) is 2.33. The molecule has 4 aromatic heterocycles. The smallest absolute Gasteiger partial charge is 0.417 e. The summed E-state index contributed by atoms with van der Waals surface area (Å²) in [6.07, 6.45) is 0.610. The molecular weight excluding hydrogens is 701 g/mol. The van der Waals surface area contributed by atoms with Crippen LogP contribution >= 0.6 is 0 Å². The van der Waals surface area contributed by atoms with E-state index in [9.17, 15) is 27.6 Å². The van der Waals surface area contributed by atoms with Crippen LogP contribution in [0, 0.1) is 0 Å². The molecule has 1 atom stereocenters. The van der Waals surface area contributed by atoms with Gasteiger partial charge in [-0.25, -0.2) is 24.0 Å². The van der Waals surface area contributed by atoms with Gasteiger partial charge in [-0.2, -0.15) is 13.2 Å². The summed E-state index contributed by atoms with van der Waals surface area (Å²) in [4.78, 5) is 53.1. The van der Waals surface area contributed by atoms with Crippen LogP contribution in [-0.4, -0.2) is 140 Å². The number of amides is 3. The number of carbonyl (C=O) groups excluding carboxylic acids is 3. The molecule has 0 aromatic carbocycles. The summed E-state index contributed by atoms with van der Waals surface area (Å²) in [7, 11) is 1.09. The van der Waals surface area contributed by atoms with Gasteiger partial charge in [-0.1, -0.05) is 11.8 Å². The third-order valence-electron chi connectivity index (χ3n) is 9.50. The molecule has 0 aliphatic carbocycles. The van der Waals surface area contributed by atoms with Crippen LogP contribution < -0.4 is 10.2 Å². The van der Waals surface area contributed by atoms with Gasteiger partial charge < -0.3 is 24.2 Å². The zero-order chi connectivity index (χ0) is 37.3. The van der Waals surface area contributed by atoms with Gasteiger partial charge in [0.05, 0.1) is 43.7 Å². The van der Waals surface area contributed by atoms with Gasteiger partial charge in [-0.3, -0.25) is 19.8 Å². The number of likely N-dealkylation sites (tertiary alicyclic amines) is 1. The highest BCUT2D eigenvalue weighted by molar-refractivity contribution is 5.92. The molecule has 0 bridgehead atoms. The number of carbonyl (C=O) groups is 3. The summed E-state index contributed by atoms with van der Waals surface area (Å²) in [5.41, 5.74) is 0.300. The molecule has 3 amide bonds. The van der Waals surface area contributed by atoms with E-state index >= 15 is 0 Å². The Morgan fingerprint density at radius 2 is 1.83 bits per heavy atom. The van der Waals surface area contributed by atoms with Gasteiger partial charge in [0.2, 0.25) is 5.91 Å². The molecular formula is C33H37F3N12O5. The highest BCUT2D eigenvalue weighted by atomic mass is 19.4. The lowest BCUT2D eigenvalue weighted by Crippen LogP contribution is -2.48. The molecule has 3 aliphatic heterocycles. The summed E-state index contributed by atoms with van der Waals surface area (Å²) < 4.78 is 56.2. The first-order valence-electron chi connectivity index (χ1n) is 17.0. The monoisotopic (exact) mass is 738 g/mol. The van der Waals surface area contributed by atoms with E-state index in [1.54, 1.807) is 26.9 Å². The first-order chi connectivity index (χ1) is 25.5. The van der Waals surface area contributed by atoms with Crippen LogP contribution in [0.4, 0.5) is 29.6 Å². The molecule has 0 saturated carbocycles. The van der Waals surface area contributed by atoms with Crippen molar-refractivity contribution in [3.05, 3.63) is 60.2 Å². The van der Waals surface area contributed by atoms with Gasteiger partial charge in [0, 0.05) is 71.3 Å². The van der Waals surface area contributed by atoms with Crippen molar-refractivity contribution in [2.24, 2.45) is 0 Å². The van der Waals surface area contributed by atoms with Gasteiger partial charge in [0.1, 0.15) is 11.3 Å². The second kappa shape index (κ2) is 14.8. The molecule has 3 aliphatic rings. The molecule has 4 aromatic rings. The average molecular weight is 739 g/mol. The van der Waals surface area contributed by atoms with Crippen molar-refractivity contribution in [1.29, 1.82) is 0 Å². The number of nitrogens with one attached hydrogen (secondary N) is 1. The molecule has 1 unspecified atom stereocenters. The second-order valence-electron chi connectivity index (χ2n) is 12.8. The van der Waals surface area contributed by atoms with E-state index in [1.165, 1.54) is 10.6 Å². The van der Waals surface area contributed by atoms with Crippen molar-refractivity contribution in [2.45, 2.75) is 25.2 Å². The quantitative estimate of drug-likeness (QED) is 0.263. The minimum absolute atomic E-state index is 0.0634. The fraction of sp³-hybridized carbons (Fsp3) is 0.455. The Labute approximate surface area is 300 Å². The number of hydrogen-bond donors (Lipinski definition) is 1. The Hall–Kier alpha value is -5.63. The number of rotatable bonds is 8. The first-order valence-corrected chi connectivity index (χ1v) is 17.0. The summed E-state index contributed by atoms with van der Waals surface area (Å²) in [6, 6.07) is 2.58. The summed E-state index contributed by atoms with van der Waals surface area (Å²) in [6.45, 7) is 9.00. The lowest BCUT2D eigenvalue weighted by atomic mass is 10.1. The molecule has 0 spiro atoms. The number of anilines is 2. The molecule has 7 heterocycles. The Morgan fingerprint density at radius 3 is 2.55 bits per heavy atom. The zero-order valence-corrected chi connectivity index (χ0v) is 28.8. The van der Waals surface area contributed by atoms with E-state index in [0.29, 0.717) is 89.9 Å². The Bertz CT molecular complexity index is 2020. The van der Waals surface area contributed by atoms with E-state index in [2.05, 4.69) is 46.9 Å². The molecule has 7 rings (SSSR count). The summed E-state index contributed by atoms with van der Waals surface area (Å²) in [5.74, 6) is -0.429. The molecule has 280 valence electrons. The van der Waals surface area contributed by atoms with Crippen LogP contribution in [0.2, 0.25) is 0 Å². The fourth-order valence-corrected chi connectivity index (χ4v) is 6.71. The molecule has 1 N–H and O–H groups in total. The summed E-state index contributed by atoms with van der Waals surface area (Å²) in [5, 5.41) is 15.0. The first kappa shape index (κ1) is 35.8. The number of hydrogen-bond acceptors (Lipinski definition) is 12. The number of halogens is 3. The SMILES string of the molecule is C=CC(=O)N1CCC(n2cc(C(=O)N3CCN(Cc4cc5c(N6CCOCC6)nc(-c6cnc(NC(=O)OC)cc6C(F)(F)F)nn5c4)CC3)nn2)C1. The Balaban J connectivity index is 1.07. The third kappa shape index (κ3) is 7.63. The number of fused-ring (bicyclic) bond motifs is 1. The second-order valence-corrected chi connectivity index (χ2v) is 12.8. The van der Waals surface area contributed by atoms with Crippen molar-refractivity contribution in [3.63, 3.8) is 0 Å². The van der Waals surface area contributed by atoms with E-state index in [-0.39, 0.29) is 40.8 Å². The molecule has 3 saturated heterocycles. The number of aromatic nitrogens is 7. The van der Waals surface area contributed by atoms with Gasteiger partial charge in [-0.05, 0) is 30.2 Å². The lowest BCUT2D eigenvalue weighted by molar-refractivity contribution is -0.137. The lowest BCUT2D eigenvalue weighted by Gasteiger charge is -2.34. The van der Waals surface area contributed by atoms with E-state index < -0.39 is 17.8 Å². The molecule has 0 radical (unpaired) electrons. The van der Waals surface area contributed by atoms with Gasteiger partial charge in [0.25, 0.3) is 5.91 Å². The number of morpholine rings is 1. The zero-order valence-electron chi connectivity index (χ0n) is 28.8. The van der Waals surface area contributed by atoms with Crippen molar-refractivity contribution in [3.8, 4) is 11.4 Å².